The third kappa shape index (κ3) is 1.81. The Hall–Kier alpha value is -1.31. The summed E-state index contributed by atoms with van der Waals surface area (Å²) in [6.07, 6.45) is 6.80. The summed E-state index contributed by atoms with van der Waals surface area (Å²) < 4.78 is 5.41. The molecular weight excluding hydrogens is 248 g/mol. The third-order valence-electron chi connectivity index (χ3n) is 5.88. The highest BCUT2D eigenvalue weighted by Gasteiger charge is 2.51. The fourth-order valence-corrected chi connectivity index (χ4v) is 4.76. The molecule has 0 spiro atoms. The van der Waals surface area contributed by atoms with Gasteiger partial charge in [-0.25, -0.2) is 0 Å². The summed E-state index contributed by atoms with van der Waals surface area (Å²) in [4.78, 5) is 11.7. The first kappa shape index (κ1) is 13.7. The van der Waals surface area contributed by atoms with E-state index in [1.165, 1.54) is 23.8 Å². The number of ether oxygens (including phenoxy) is 1. The quantitative estimate of drug-likeness (QED) is 0.763. The van der Waals surface area contributed by atoms with E-state index in [0.29, 0.717) is 5.92 Å². The predicted molar refractivity (Wildman–Crippen MR) is 80.2 cm³/mol. The molecule has 20 heavy (non-hydrogen) atoms. The molecule has 1 aromatic rings. The second kappa shape index (κ2) is 4.61. The minimum absolute atomic E-state index is 0.121. The number of methoxy groups -OCH3 is 1. The molecule has 0 heterocycles. The molecule has 0 amide bonds. The molecule has 3 unspecified atom stereocenters. The largest absolute Gasteiger partial charge is 0.497 e. The SMILES string of the molecule is COc1ccc2c(c1)C1(C)CCCC(C)(C=O)C1CC2. The molecule has 1 aromatic carbocycles. The maximum Gasteiger partial charge on any atom is 0.126 e. The smallest absolute Gasteiger partial charge is 0.126 e. The molecule has 3 rings (SSSR count). The van der Waals surface area contributed by atoms with Crippen LogP contribution in [0.25, 0.3) is 0 Å². The number of rotatable bonds is 2. The first-order valence-corrected chi connectivity index (χ1v) is 7.67. The van der Waals surface area contributed by atoms with Gasteiger partial charge in [0.1, 0.15) is 12.0 Å². The Morgan fingerprint density at radius 3 is 2.80 bits per heavy atom. The van der Waals surface area contributed by atoms with Crippen LogP contribution in [-0.2, 0) is 16.6 Å². The van der Waals surface area contributed by atoms with E-state index >= 15 is 0 Å². The Bertz CT molecular complexity index is 536. The van der Waals surface area contributed by atoms with Crippen molar-refractivity contribution in [1.29, 1.82) is 0 Å². The van der Waals surface area contributed by atoms with E-state index in [0.717, 1.165) is 31.4 Å². The fourth-order valence-electron chi connectivity index (χ4n) is 4.76. The molecule has 0 aliphatic heterocycles. The van der Waals surface area contributed by atoms with E-state index in [9.17, 15) is 4.79 Å². The van der Waals surface area contributed by atoms with E-state index in [1.807, 2.05) is 0 Å². The Kier molecular flexibility index (Phi) is 3.15. The number of carbonyl (C=O) groups is 1. The number of aldehydes is 1. The van der Waals surface area contributed by atoms with Crippen LogP contribution in [0.15, 0.2) is 18.2 Å². The molecule has 108 valence electrons. The summed E-state index contributed by atoms with van der Waals surface area (Å²) in [5.41, 5.74) is 2.82. The molecule has 0 bridgehead atoms. The van der Waals surface area contributed by atoms with Gasteiger partial charge in [-0.1, -0.05) is 26.3 Å². The van der Waals surface area contributed by atoms with Crippen molar-refractivity contribution < 1.29 is 9.53 Å². The number of carbonyl (C=O) groups excluding carboxylic acids is 1. The molecule has 2 heteroatoms. The lowest BCUT2D eigenvalue weighted by atomic mass is 9.50. The summed E-state index contributed by atoms with van der Waals surface area (Å²) in [6, 6.07) is 6.48. The average molecular weight is 272 g/mol. The lowest BCUT2D eigenvalue weighted by molar-refractivity contribution is -0.123. The summed E-state index contributed by atoms with van der Waals surface area (Å²) in [6.45, 7) is 4.52. The van der Waals surface area contributed by atoms with Crippen LogP contribution in [0.3, 0.4) is 0 Å². The van der Waals surface area contributed by atoms with E-state index in [4.69, 9.17) is 4.74 Å². The summed E-state index contributed by atoms with van der Waals surface area (Å²) in [7, 11) is 1.72. The van der Waals surface area contributed by atoms with Gasteiger partial charge < -0.3 is 9.53 Å². The van der Waals surface area contributed by atoms with E-state index < -0.39 is 0 Å². The van der Waals surface area contributed by atoms with E-state index in [2.05, 4.69) is 32.0 Å². The Labute approximate surface area is 121 Å². The van der Waals surface area contributed by atoms with E-state index in [1.54, 1.807) is 7.11 Å². The second-order valence-corrected chi connectivity index (χ2v) is 7.01. The normalized spacial score (nSPS) is 35.9. The maximum atomic E-state index is 11.7. The van der Waals surface area contributed by atoms with Gasteiger partial charge in [-0.3, -0.25) is 0 Å². The van der Waals surface area contributed by atoms with Gasteiger partial charge in [-0.05, 0) is 60.3 Å². The highest BCUT2D eigenvalue weighted by atomic mass is 16.5. The van der Waals surface area contributed by atoms with Crippen molar-refractivity contribution >= 4 is 6.29 Å². The van der Waals surface area contributed by atoms with Crippen LogP contribution in [0.5, 0.6) is 5.75 Å². The van der Waals surface area contributed by atoms with Gasteiger partial charge in [-0.2, -0.15) is 0 Å². The van der Waals surface area contributed by atoms with Gasteiger partial charge in [0.05, 0.1) is 7.11 Å². The van der Waals surface area contributed by atoms with Gasteiger partial charge in [0.2, 0.25) is 0 Å². The van der Waals surface area contributed by atoms with Crippen LogP contribution in [-0.4, -0.2) is 13.4 Å². The molecule has 3 atom stereocenters. The van der Waals surface area contributed by atoms with Gasteiger partial charge in [-0.15, -0.1) is 0 Å². The van der Waals surface area contributed by atoms with Crippen molar-refractivity contribution in [1.82, 2.24) is 0 Å². The monoisotopic (exact) mass is 272 g/mol. The topological polar surface area (TPSA) is 26.3 Å². The van der Waals surface area contributed by atoms with Crippen LogP contribution in [0.1, 0.15) is 50.7 Å². The third-order valence-corrected chi connectivity index (χ3v) is 5.88. The minimum Gasteiger partial charge on any atom is -0.497 e. The summed E-state index contributed by atoms with van der Waals surface area (Å²) in [5.74, 6) is 1.39. The number of aryl methyl sites for hydroxylation is 1. The number of fused-ring (bicyclic) bond motifs is 3. The standard InChI is InChI=1S/C18H24O2/c1-17(12-19)9-4-10-18(2)15-11-14(20-3)7-5-13(15)6-8-16(17)18/h5,7,11-12,16H,4,6,8-10H2,1-3H3. The van der Waals surface area contributed by atoms with Crippen molar-refractivity contribution in [2.75, 3.05) is 7.11 Å². The lowest BCUT2D eigenvalue weighted by Crippen LogP contribution is -2.49. The molecule has 1 fully saturated rings. The molecule has 2 nitrogen and oxygen atoms in total. The number of hydrogen-bond donors (Lipinski definition) is 0. The molecule has 2 aliphatic carbocycles. The van der Waals surface area contributed by atoms with Gasteiger partial charge in [0, 0.05) is 5.41 Å². The van der Waals surface area contributed by atoms with Crippen molar-refractivity contribution in [2.45, 2.75) is 51.4 Å². The summed E-state index contributed by atoms with van der Waals surface area (Å²) >= 11 is 0. The minimum atomic E-state index is -0.159. The average Bonchev–Trinajstić information content (AvgIpc) is 2.46. The fraction of sp³-hybridized carbons (Fsp3) is 0.611. The number of hydrogen-bond acceptors (Lipinski definition) is 2. The van der Waals surface area contributed by atoms with Gasteiger partial charge in [0.25, 0.3) is 0 Å². The zero-order chi connectivity index (χ0) is 14.4. The van der Waals surface area contributed by atoms with Crippen LogP contribution in [0, 0.1) is 11.3 Å². The van der Waals surface area contributed by atoms with E-state index in [-0.39, 0.29) is 10.8 Å². The van der Waals surface area contributed by atoms with Crippen LogP contribution >= 0.6 is 0 Å². The zero-order valence-electron chi connectivity index (χ0n) is 12.7. The van der Waals surface area contributed by atoms with Crippen LogP contribution in [0.4, 0.5) is 0 Å². The highest BCUT2D eigenvalue weighted by molar-refractivity contribution is 5.61. The van der Waals surface area contributed by atoms with Crippen molar-refractivity contribution in [2.24, 2.45) is 11.3 Å². The molecule has 2 aliphatic rings. The Balaban J connectivity index is 2.11. The predicted octanol–water partition coefficient (Wildman–Crippen LogP) is 3.90. The van der Waals surface area contributed by atoms with Crippen molar-refractivity contribution in [3.63, 3.8) is 0 Å². The molecule has 1 saturated carbocycles. The zero-order valence-corrected chi connectivity index (χ0v) is 12.7. The number of benzene rings is 1. The van der Waals surface area contributed by atoms with Crippen molar-refractivity contribution in [3.05, 3.63) is 29.3 Å². The van der Waals surface area contributed by atoms with Crippen LogP contribution in [0.2, 0.25) is 0 Å². The Morgan fingerprint density at radius 2 is 2.10 bits per heavy atom. The molecule has 0 aromatic heterocycles. The molecular formula is C18H24O2. The first-order valence-electron chi connectivity index (χ1n) is 7.67. The molecule has 0 saturated heterocycles. The summed E-state index contributed by atoms with van der Waals surface area (Å²) in [5, 5.41) is 0. The molecule has 0 N–H and O–H groups in total. The van der Waals surface area contributed by atoms with Crippen LogP contribution < -0.4 is 4.74 Å². The second-order valence-electron chi connectivity index (χ2n) is 7.01. The van der Waals surface area contributed by atoms with Crippen molar-refractivity contribution in [3.8, 4) is 5.75 Å². The lowest BCUT2D eigenvalue weighted by Gasteiger charge is -2.53. The Morgan fingerprint density at radius 1 is 1.30 bits per heavy atom. The first-order chi connectivity index (χ1) is 9.53. The molecule has 0 radical (unpaired) electrons. The van der Waals surface area contributed by atoms with Gasteiger partial charge in [0.15, 0.2) is 0 Å². The van der Waals surface area contributed by atoms with Gasteiger partial charge >= 0.3 is 0 Å². The maximum absolute atomic E-state index is 11.7. The highest BCUT2D eigenvalue weighted by Crippen LogP contribution is 2.56.